The summed E-state index contributed by atoms with van der Waals surface area (Å²) in [6.45, 7) is 0. The number of carbonyl (C=O) groups is 1. The van der Waals surface area contributed by atoms with Gasteiger partial charge in [-0.05, 0) is 11.4 Å². The Bertz CT molecular complexity index is 398. The molecule has 5 heteroatoms. The van der Waals surface area contributed by atoms with Crippen LogP contribution >= 0.6 is 11.3 Å². The van der Waals surface area contributed by atoms with Gasteiger partial charge in [-0.15, -0.1) is 11.3 Å². The van der Waals surface area contributed by atoms with Gasteiger partial charge in [-0.2, -0.15) is 0 Å². The number of nitrogens with zero attached hydrogens (tertiary/aromatic N) is 1. The smallest absolute Gasteiger partial charge is 0.268 e. The largest absolute Gasteiger partial charge is 0.362 e. The van der Waals surface area contributed by atoms with Crippen molar-refractivity contribution in [2.45, 2.75) is 6.17 Å². The fourth-order valence-corrected chi connectivity index (χ4v) is 2.43. The number of amides is 1. The van der Waals surface area contributed by atoms with Crippen LogP contribution in [0.25, 0.3) is 0 Å². The first kappa shape index (κ1) is 6.97. The second-order valence-electron chi connectivity index (χ2n) is 2.92. The molecule has 0 saturated heterocycles. The Hall–Kier alpha value is -1.49. The first-order valence-corrected chi connectivity index (χ1v) is 4.83. The van der Waals surface area contributed by atoms with E-state index in [1.165, 1.54) is 0 Å². The van der Waals surface area contributed by atoms with Gasteiger partial charge in [0.05, 0.1) is 5.69 Å². The van der Waals surface area contributed by atoms with Crippen molar-refractivity contribution in [3.8, 4) is 0 Å². The standard InChI is InChI=1S/C8H7N3OS/c12-7-6-9-2-3-11(6)8-5(10-7)1-4-13-8/h1-4,6,9H,(H,10,12). The van der Waals surface area contributed by atoms with Gasteiger partial charge in [-0.1, -0.05) is 0 Å². The Kier molecular flexibility index (Phi) is 1.21. The number of anilines is 2. The molecule has 66 valence electrons. The molecule has 0 bridgehead atoms. The van der Waals surface area contributed by atoms with Crippen LogP contribution in [-0.2, 0) is 4.79 Å². The number of rotatable bonds is 0. The highest BCUT2D eigenvalue weighted by Crippen LogP contribution is 2.37. The Balaban J connectivity index is 2.14. The van der Waals surface area contributed by atoms with Gasteiger partial charge in [0.2, 0.25) is 0 Å². The molecule has 2 aliphatic heterocycles. The summed E-state index contributed by atoms with van der Waals surface area (Å²) in [6, 6.07) is 1.92. The van der Waals surface area contributed by atoms with E-state index in [0.29, 0.717) is 0 Å². The maximum atomic E-state index is 11.5. The van der Waals surface area contributed by atoms with Crippen molar-refractivity contribution < 1.29 is 4.79 Å². The summed E-state index contributed by atoms with van der Waals surface area (Å²) in [7, 11) is 0. The predicted octanol–water partition coefficient (Wildman–Crippen LogP) is 0.907. The van der Waals surface area contributed by atoms with Gasteiger partial charge >= 0.3 is 0 Å². The Morgan fingerprint density at radius 2 is 2.46 bits per heavy atom. The van der Waals surface area contributed by atoms with E-state index in [4.69, 9.17) is 0 Å². The Morgan fingerprint density at radius 3 is 3.38 bits per heavy atom. The average Bonchev–Trinajstić information content (AvgIpc) is 2.66. The third-order valence-corrected chi connectivity index (χ3v) is 3.08. The van der Waals surface area contributed by atoms with E-state index >= 15 is 0 Å². The fraction of sp³-hybridized carbons (Fsp3) is 0.125. The topological polar surface area (TPSA) is 44.4 Å². The van der Waals surface area contributed by atoms with Crippen molar-refractivity contribution in [1.82, 2.24) is 5.32 Å². The fourth-order valence-electron chi connectivity index (χ4n) is 1.57. The lowest BCUT2D eigenvalue weighted by atomic mass is 10.3. The first-order chi connectivity index (χ1) is 6.36. The normalized spacial score (nSPS) is 23.5. The second kappa shape index (κ2) is 2.26. The summed E-state index contributed by atoms with van der Waals surface area (Å²) < 4.78 is 0. The first-order valence-electron chi connectivity index (χ1n) is 3.96. The summed E-state index contributed by atoms with van der Waals surface area (Å²) >= 11 is 1.62. The van der Waals surface area contributed by atoms with E-state index in [1.54, 1.807) is 17.5 Å². The van der Waals surface area contributed by atoms with E-state index < -0.39 is 0 Å². The van der Waals surface area contributed by atoms with Crippen LogP contribution in [0.15, 0.2) is 23.8 Å². The Morgan fingerprint density at radius 1 is 1.54 bits per heavy atom. The molecule has 0 spiro atoms. The molecular formula is C8H7N3OS. The number of thiophene rings is 1. The van der Waals surface area contributed by atoms with Crippen molar-refractivity contribution in [3.05, 3.63) is 23.8 Å². The monoisotopic (exact) mass is 193 g/mol. The van der Waals surface area contributed by atoms with Crippen LogP contribution in [0.2, 0.25) is 0 Å². The van der Waals surface area contributed by atoms with Crippen LogP contribution in [-0.4, -0.2) is 12.1 Å². The summed E-state index contributed by atoms with van der Waals surface area (Å²) in [4.78, 5) is 13.4. The second-order valence-corrected chi connectivity index (χ2v) is 3.82. The highest BCUT2D eigenvalue weighted by atomic mass is 32.1. The molecule has 0 aromatic carbocycles. The summed E-state index contributed by atoms with van der Waals surface area (Å²) in [5, 5.41) is 8.88. The van der Waals surface area contributed by atoms with Crippen LogP contribution in [0.1, 0.15) is 0 Å². The molecule has 3 rings (SSSR count). The molecule has 0 fully saturated rings. The summed E-state index contributed by atoms with van der Waals surface area (Å²) in [6.07, 6.45) is 3.42. The van der Waals surface area contributed by atoms with Gasteiger partial charge in [0.1, 0.15) is 5.00 Å². The van der Waals surface area contributed by atoms with E-state index in [2.05, 4.69) is 10.6 Å². The van der Waals surface area contributed by atoms with Crippen LogP contribution in [0, 0.1) is 0 Å². The molecule has 2 N–H and O–H groups in total. The van der Waals surface area contributed by atoms with Crippen molar-refractivity contribution >= 4 is 27.9 Å². The van der Waals surface area contributed by atoms with Crippen LogP contribution in [0.4, 0.5) is 10.7 Å². The van der Waals surface area contributed by atoms with E-state index in [1.807, 2.05) is 22.5 Å². The predicted molar refractivity (Wildman–Crippen MR) is 51.5 cm³/mol. The van der Waals surface area contributed by atoms with Crippen LogP contribution in [0.3, 0.4) is 0 Å². The number of nitrogens with one attached hydrogen (secondary N) is 2. The lowest BCUT2D eigenvalue weighted by Gasteiger charge is -2.28. The number of fused-ring (bicyclic) bond motifs is 3. The van der Waals surface area contributed by atoms with Crippen molar-refractivity contribution in [3.63, 3.8) is 0 Å². The van der Waals surface area contributed by atoms with Crippen molar-refractivity contribution in [1.29, 1.82) is 0 Å². The third-order valence-electron chi connectivity index (χ3n) is 2.15. The highest BCUT2D eigenvalue weighted by molar-refractivity contribution is 7.15. The molecule has 1 unspecified atom stereocenters. The molecule has 1 aromatic rings. The molecule has 1 aromatic heterocycles. The van der Waals surface area contributed by atoms with Gasteiger partial charge in [-0.3, -0.25) is 4.79 Å². The Labute approximate surface area is 78.9 Å². The molecule has 0 saturated carbocycles. The lowest BCUT2D eigenvalue weighted by Crippen LogP contribution is -2.48. The molecule has 0 aliphatic carbocycles. The molecule has 4 nitrogen and oxygen atoms in total. The van der Waals surface area contributed by atoms with E-state index in [0.717, 1.165) is 10.7 Å². The molecule has 1 atom stereocenters. The maximum absolute atomic E-state index is 11.5. The molecule has 3 heterocycles. The molecule has 13 heavy (non-hydrogen) atoms. The van der Waals surface area contributed by atoms with Crippen LogP contribution < -0.4 is 15.5 Å². The van der Waals surface area contributed by atoms with E-state index in [-0.39, 0.29) is 12.1 Å². The minimum Gasteiger partial charge on any atom is -0.362 e. The summed E-state index contributed by atoms with van der Waals surface area (Å²) in [5.74, 6) is -0.00380. The zero-order valence-corrected chi connectivity index (χ0v) is 7.47. The zero-order chi connectivity index (χ0) is 8.84. The van der Waals surface area contributed by atoms with Crippen molar-refractivity contribution in [2.24, 2.45) is 0 Å². The van der Waals surface area contributed by atoms with Gasteiger partial charge in [0, 0.05) is 12.4 Å². The number of carbonyl (C=O) groups excluding carboxylic acids is 1. The average molecular weight is 193 g/mol. The number of hydrogen-bond acceptors (Lipinski definition) is 4. The quantitative estimate of drug-likeness (QED) is 0.643. The number of hydrogen-bond donors (Lipinski definition) is 2. The molecule has 2 aliphatic rings. The molecular weight excluding hydrogens is 186 g/mol. The molecule has 0 radical (unpaired) electrons. The minimum absolute atomic E-state index is 0.00380. The van der Waals surface area contributed by atoms with Gasteiger partial charge < -0.3 is 15.5 Å². The SMILES string of the molecule is O=C1Nc2ccsc2N2C=CNC12. The van der Waals surface area contributed by atoms with Crippen molar-refractivity contribution in [2.75, 3.05) is 10.2 Å². The zero-order valence-electron chi connectivity index (χ0n) is 6.65. The van der Waals surface area contributed by atoms with Gasteiger partial charge in [0.15, 0.2) is 6.17 Å². The molecule has 1 amide bonds. The third kappa shape index (κ3) is 0.818. The van der Waals surface area contributed by atoms with Gasteiger partial charge in [-0.25, -0.2) is 0 Å². The van der Waals surface area contributed by atoms with Crippen LogP contribution in [0.5, 0.6) is 0 Å². The minimum atomic E-state index is -0.258. The maximum Gasteiger partial charge on any atom is 0.268 e. The van der Waals surface area contributed by atoms with Gasteiger partial charge in [0.25, 0.3) is 5.91 Å². The lowest BCUT2D eigenvalue weighted by molar-refractivity contribution is -0.117. The van der Waals surface area contributed by atoms with E-state index in [9.17, 15) is 4.79 Å². The summed E-state index contributed by atoms with van der Waals surface area (Å²) in [5.41, 5.74) is 0.902. The highest BCUT2D eigenvalue weighted by Gasteiger charge is 2.34.